The molecule has 1 saturated carbocycles. The number of carbonyl (C=O) groups excluding carboxylic acids is 2. The third kappa shape index (κ3) is 7.52. The highest BCUT2D eigenvalue weighted by Gasteiger charge is 2.31. The second-order valence-corrected chi connectivity index (χ2v) is 12.3. The number of halogens is 2. The van der Waals surface area contributed by atoms with Gasteiger partial charge >= 0.3 is 0 Å². The third-order valence-corrected chi connectivity index (χ3v) is 8.80. The average Bonchev–Trinajstić information content (AvgIpc) is 2.83. The number of nitrogens with zero attached hydrogens (tertiary/aromatic N) is 2. The molecular weight excluding hydrogens is 554 g/mol. The average molecular weight is 585 g/mol. The number of nitrogens with one attached hydrogen (secondary N) is 1. The van der Waals surface area contributed by atoms with Crippen molar-refractivity contribution in [2.24, 2.45) is 0 Å². The monoisotopic (exact) mass is 583 g/mol. The van der Waals surface area contributed by atoms with Crippen LogP contribution in [0.4, 0.5) is 0 Å². The SMILES string of the molecule is C[C@H](C(=O)NC1CCCCC1)N(Cc1cccc(Br)c1)C(=O)CN(C)S(=O)(=O)c1ccc(Cl)cc1. The van der Waals surface area contributed by atoms with Crippen LogP contribution in [-0.4, -0.2) is 55.1 Å². The summed E-state index contributed by atoms with van der Waals surface area (Å²) in [5.41, 5.74) is 0.827. The van der Waals surface area contributed by atoms with E-state index in [0.29, 0.717) is 5.02 Å². The number of likely N-dealkylation sites (N-methyl/N-ethyl adjacent to an activating group) is 1. The summed E-state index contributed by atoms with van der Waals surface area (Å²) in [6.45, 7) is 1.45. The quantitative estimate of drug-likeness (QED) is 0.467. The molecule has 0 spiro atoms. The fourth-order valence-corrected chi connectivity index (χ4v) is 5.83. The molecule has 2 aromatic carbocycles. The van der Waals surface area contributed by atoms with Crippen molar-refractivity contribution in [2.75, 3.05) is 13.6 Å². The van der Waals surface area contributed by atoms with E-state index in [2.05, 4.69) is 21.2 Å². The highest BCUT2D eigenvalue weighted by Crippen LogP contribution is 2.21. The van der Waals surface area contributed by atoms with Gasteiger partial charge in [-0.2, -0.15) is 4.31 Å². The van der Waals surface area contributed by atoms with Crippen LogP contribution < -0.4 is 5.32 Å². The second-order valence-electron chi connectivity index (χ2n) is 8.89. The second kappa shape index (κ2) is 12.3. The number of carbonyl (C=O) groups is 2. The Kier molecular flexibility index (Phi) is 9.75. The van der Waals surface area contributed by atoms with Crippen LogP contribution in [-0.2, 0) is 26.2 Å². The van der Waals surface area contributed by atoms with Gasteiger partial charge in [-0.25, -0.2) is 8.42 Å². The molecule has 7 nitrogen and oxygen atoms in total. The van der Waals surface area contributed by atoms with E-state index >= 15 is 0 Å². The van der Waals surface area contributed by atoms with Crippen LogP contribution in [0.5, 0.6) is 0 Å². The van der Waals surface area contributed by atoms with E-state index in [-0.39, 0.29) is 23.4 Å². The Morgan fingerprint density at radius 2 is 1.77 bits per heavy atom. The zero-order valence-corrected chi connectivity index (χ0v) is 23.1. The molecule has 0 radical (unpaired) electrons. The summed E-state index contributed by atoms with van der Waals surface area (Å²) in [5.74, 6) is -0.695. The first-order chi connectivity index (χ1) is 16.6. The van der Waals surface area contributed by atoms with E-state index in [0.717, 1.165) is 40.0 Å². The van der Waals surface area contributed by atoms with E-state index < -0.39 is 28.5 Å². The molecule has 0 heterocycles. The molecule has 1 atom stereocenters. The van der Waals surface area contributed by atoms with Crippen LogP contribution in [0.25, 0.3) is 0 Å². The largest absolute Gasteiger partial charge is 0.352 e. The van der Waals surface area contributed by atoms with Crippen LogP contribution in [0.3, 0.4) is 0 Å². The van der Waals surface area contributed by atoms with Crippen molar-refractivity contribution in [3.8, 4) is 0 Å². The van der Waals surface area contributed by atoms with Gasteiger partial charge in [-0.1, -0.05) is 58.9 Å². The minimum Gasteiger partial charge on any atom is -0.352 e. The van der Waals surface area contributed by atoms with E-state index in [9.17, 15) is 18.0 Å². The number of benzene rings is 2. The summed E-state index contributed by atoms with van der Waals surface area (Å²) in [7, 11) is -2.56. The highest BCUT2D eigenvalue weighted by atomic mass is 79.9. The molecule has 0 aromatic heterocycles. The summed E-state index contributed by atoms with van der Waals surface area (Å²) < 4.78 is 27.8. The maximum atomic E-state index is 13.4. The van der Waals surface area contributed by atoms with E-state index in [1.165, 1.54) is 42.6 Å². The molecule has 1 fully saturated rings. The van der Waals surface area contributed by atoms with Gasteiger partial charge in [0.05, 0.1) is 11.4 Å². The molecule has 0 unspecified atom stereocenters. The molecule has 0 aliphatic heterocycles. The molecule has 1 aliphatic rings. The summed E-state index contributed by atoms with van der Waals surface area (Å²) in [5, 5.41) is 3.50. The molecule has 1 aliphatic carbocycles. The Hall–Kier alpha value is -1.94. The molecule has 3 rings (SSSR count). The topological polar surface area (TPSA) is 86.8 Å². The van der Waals surface area contributed by atoms with Crippen LogP contribution in [0.1, 0.15) is 44.6 Å². The van der Waals surface area contributed by atoms with Gasteiger partial charge in [0, 0.05) is 29.1 Å². The minimum atomic E-state index is -3.91. The van der Waals surface area contributed by atoms with Gasteiger partial charge < -0.3 is 10.2 Å². The standard InChI is InChI=1S/C25H31BrClN3O4S/c1-18(25(32)28-22-9-4-3-5-10-22)30(16-19-7-6-8-20(26)15-19)24(31)17-29(2)35(33,34)23-13-11-21(27)12-14-23/h6-8,11-15,18,22H,3-5,9-10,16-17H2,1-2H3,(H,28,32)/t18-/m1/s1. The van der Waals surface area contributed by atoms with Gasteiger partial charge in [0.25, 0.3) is 0 Å². The van der Waals surface area contributed by atoms with Crippen LogP contribution in [0, 0.1) is 0 Å². The van der Waals surface area contributed by atoms with E-state index in [1.54, 1.807) is 6.92 Å². The molecule has 35 heavy (non-hydrogen) atoms. The van der Waals surface area contributed by atoms with Crippen molar-refractivity contribution in [1.29, 1.82) is 0 Å². The fourth-order valence-electron chi connectivity index (χ4n) is 4.14. The van der Waals surface area contributed by atoms with E-state index in [4.69, 9.17) is 11.6 Å². The summed E-state index contributed by atoms with van der Waals surface area (Å²) in [4.78, 5) is 28.0. The van der Waals surface area contributed by atoms with Gasteiger partial charge in [-0.3, -0.25) is 9.59 Å². The molecule has 0 saturated heterocycles. The van der Waals surface area contributed by atoms with Gasteiger partial charge in [-0.15, -0.1) is 0 Å². The lowest BCUT2D eigenvalue weighted by molar-refractivity contribution is -0.141. The van der Waals surface area contributed by atoms with Crippen molar-refractivity contribution in [3.63, 3.8) is 0 Å². The molecule has 190 valence electrons. The number of hydrogen-bond acceptors (Lipinski definition) is 4. The predicted molar refractivity (Wildman–Crippen MR) is 140 cm³/mol. The first-order valence-corrected chi connectivity index (χ1v) is 14.2. The van der Waals surface area contributed by atoms with Crippen LogP contribution in [0.2, 0.25) is 5.02 Å². The Bertz CT molecular complexity index is 1140. The van der Waals surface area contributed by atoms with Crippen LogP contribution >= 0.6 is 27.5 Å². The number of amides is 2. The van der Waals surface area contributed by atoms with Gasteiger partial charge in [0.2, 0.25) is 21.8 Å². The Morgan fingerprint density at radius 1 is 1.11 bits per heavy atom. The predicted octanol–water partition coefficient (Wildman–Crippen LogP) is 4.59. The fraction of sp³-hybridized carbons (Fsp3) is 0.440. The lowest BCUT2D eigenvalue weighted by Gasteiger charge is -2.32. The number of rotatable bonds is 9. The zero-order chi connectivity index (χ0) is 25.6. The van der Waals surface area contributed by atoms with Crippen molar-refractivity contribution >= 4 is 49.4 Å². The molecule has 1 N–H and O–H groups in total. The Morgan fingerprint density at radius 3 is 2.40 bits per heavy atom. The maximum absolute atomic E-state index is 13.4. The smallest absolute Gasteiger partial charge is 0.243 e. The number of hydrogen-bond donors (Lipinski definition) is 1. The van der Waals surface area contributed by atoms with Gasteiger partial charge in [0.15, 0.2) is 0 Å². The Labute approximate surface area is 221 Å². The summed E-state index contributed by atoms with van der Waals surface area (Å²) in [6.07, 6.45) is 5.19. The van der Waals surface area contributed by atoms with Gasteiger partial charge in [0.1, 0.15) is 6.04 Å². The first kappa shape index (κ1) is 27.6. The molecule has 2 aromatic rings. The highest BCUT2D eigenvalue weighted by molar-refractivity contribution is 9.10. The zero-order valence-electron chi connectivity index (χ0n) is 19.9. The lowest BCUT2D eigenvalue weighted by atomic mass is 9.95. The minimum absolute atomic E-state index is 0.0406. The van der Waals surface area contributed by atoms with Crippen LogP contribution in [0.15, 0.2) is 57.9 Å². The van der Waals surface area contributed by atoms with Crippen molar-refractivity contribution in [1.82, 2.24) is 14.5 Å². The lowest BCUT2D eigenvalue weighted by Crippen LogP contribution is -2.52. The molecular formula is C25H31BrClN3O4S. The summed E-state index contributed by atoms with van der Waals surface area (Å²) >= 11 is 9.32. The summed E-state index contributed by atoms with van der Waals surface area (Å²) in [6, 6.07) is 12.6. The Balaban J connectivity index is 1.79. The maximum Gasteiger partial charge on any atom is 0.243 e. The molecule has 2 amide bonds. The first-order valence-electron chi connectivity index (χ1n) is 11.6. The van der Waals surface area contributed by atoms with Gasteiger partial charge in [-0.05, 0) is 61.7 Å². The van der Waals surface area contributed by atoms with Crippen molar-refractivity contribution in [3.05, 3.63) is 63.6 Å². The van der Waals surface area contributed by atoms with Crippen molar-refractivity contribution < 1.29 is 18.0 Å². The molecule has 10 heteroatoms. The van der Waals surface area contributed by atoms with Crippen molar-refractivity contribution in [2.45, 2.75) is 62.6 Å². The third-order valence-electron chi connectivity index (χ3n) is 6.24. The normalized spacial score (nSPS) is 15.6. The number of sulfonamides is 1. The molecule has 0 bridgehead atoms. The van der Waals surface area contributed by atoms with E-state index in [1.807, 2.05) is 24.3 Å².